The Morgan fingerprint density at radius 2 is 2.05 bits per heavy atom. The molecule has 1 rings (SSSR count). The summed E-state index contributed by atoms with van der Waals surface area (Å²) < 4.78 is 0. The van der Waals surface area contributed by atoms with Crippen LogP contribution < -0.4 is 15.5 Å². The summed E-state index contributed by atoms with van der Waals surface area (Å²) in [5.74, 6) is -0.00208. The highest BCUT2D eigenvalue weighted by molar-refractivity contribution is 7.14. The monoisotopic (exact) mass is 313 g/mol. The summed E-state index contributed by atoms with van der Waals surface area (Å²) in [4.78, 5) is 30.3. The first-order chi connectivity index (χ1) is 9.95. The van der Waals surface area contributed by atoms with Gasteiger partial charge in [-0.05, 0) is 6.92 Å². The van der Waals surface area contributed by atoms with Gasteiger partial charge in [0, 0.05) is 52.6 Å². The lowest BCUT2D eigenvalue weighted by molar-refractivity contribution is -0.116. The van der Waals surface area contributed by atoms with Crippen molar-refractivity contribution in [2.75, 3.05) is 38.6 Å². The van der Waals surface area contributed by atoms with Crippen molar-refractivity contribution in [1.82, 2.24) is 20.5 Å². The van der Waals surface area contributed by atoms with Crippen LogP contribution in [0.4, 0.5) is 9.93 Å². The van der Waals surface area contributed by atoms with Crippen LogP contribution in [0, 0.1) is 0 Å². The van der Waals surface area contributed by atoms with E-state index in [0.29, 0.717) is 26.2 Å². The van der Waals surface area contributed by atoms with Crippen molar-refractivity contribution in [2.45, 2.75) is 20.4 Å². The molecule has 1 aromatic rings. The van der Waals surface area contributed by atoms with Crippen molar-refractivity contribution in [1.29, 1.82) is 0 Å². The molecule has 0 spiro atoms. The SMILES string of the molecule is CCN(C(C)=O)c1nc(CNCCNC(=O)N(C)C)cs1. The summed E-state index contributed by atoms with van der Waals surface area (Å²) in [5.41, 5.74) is 0.897. The lowest BCUT2D eigenvalue weighted by atomic mass is 10.4. The third kappa shape index (κ3) is 5.68. The van der Waals surface area contributed by atoms with Gasteiger partial charge in [-0.2, -0.15) is 0 Å². The van der Waals surface area contributed by atoms with Crippen LogP contribution in [0.5, 0.6) is 0 Å². The molecular weight excluding hydrogens is 290 g/mol. The number of hydrogen-bond acceptors (Lipinski definition) is 5. The third-order valence-electron chi connectivity index (χ3n) is 2.76. The minimum absolute atomic E-state index is 0.00208. The van der Waals surface area contributed by atoms with Gasteiger partial charge in [0.15, 0.2) is 5.13 Å². The Bertz CT molecular complexity index is 475. The fourth-order valence-electron chi connectivity index (χ4n) is 1.63. The van der Waals surface area contributed by atoms with Crippen molar-refractivity contribution in [2.24, 2.45) is 0 Å². The van der Waals surface area contributed by atoms with Crippen LogP contribution in [0.15, 0.2) is 5.38 Å². The molecule has 7 nitrogen and oxygen atoms in total. The van der Waals surface area contributed by atoms with Gasteiger partial charge in [0.25, 0.3) is 0 Å². The number of urea groups is 1. The summed E-state index contributed by atoms with van der Waals surface area (Å²) in [5, 5.41) is 8.63. The van der Waals surface area contributed by atoms with Gasteiger partial charge < -0.3 is 15.5 Å². The van der Waals surface area contributed by atoms with Crippen LogP contribution in [-0.4, -0.2) is 55.6 Å². The predicted octanol–water partition coefficient (Wildman–Crippen LogP) is 0.877. The van der Waals surface area contributed by atoms with Crippen molar-refractivity contribution < 1.29 is 9.59 Å². The van der Waals surface area contributed by atoms with Gasteiger partial charge in [-0.3, -0.25) is 9.69 Å². The Kier molecular flexibility index (Phi) is 7.10. The van der Waals surface area contributed by atoms with E-state index in [4.69, 9.17) is 0 Å². The van der Waals surface area contributed by atoms with Crippen molar-refractivity contribution in [3.05, 3.63) is 11.1 Å². The van der Waals surface area contributed by atoms with Crippen LogP contribution in [0.3, 0.4) is 0 Å². The number of thiazole rings is 1. The number of carbonyl (C=O) groups excluding carboxylic acids is 2. The molecule has 8 heteroatoms. The molecule has 0 saturated heterocycles. The van der Waals surface area contributed by atoms with E-state index >= 15 is 0 Å². The molecule has 21 heavy (non-hydrogen) atoms. The van der Waals surface area contributed by atoms with Crippen molar-refractivity contribution in [3.63, 3.8) is 0 Å². The predicted molar refractivity (Wildman–Crippen MR) is 84.6 cm³/mol. The Morgan fingerprint density at radius 3 is 2.62 bits per heavy atom. The second kappa shape index (κ2) is 8.58. The van der Waals surface area contributed by atoms with E-state index < -0.39 is 0 Å². The smallest absolute Gasteiger partial charge is 0.316 e. The van der Waals surface area contributed by atoms with E-state index in [-0.39, 0.29) is 11.9 Å². The van der Waals surface area contributed by atoms with Crippen LogP contribution in [-0.2, 0) is 11.3 Å². The highest BCUT2D eigenvalue weighted by Gasteiger charge is 2.13. The zero-order valence-electron chi connectivity index (χ0n) is 13.0. The first-order valence-corrected chi connectivity index (χ1v) is 7.72. The molecule has 0 aliphatic rings. The lowest BCUT2D eigenvalue weighted by Gasteiger charge is -2.14. The minimum Gasteiger partial charge on any atom is -0.337 e. The molecule has 0 radical (unpaired) electrons. The van der Waals surface area contributed by atoms with Crippen LogP contribution in [0.25, 0.3) is 0 Å². The standard InChI is InChI=1S/C13H23N5O2S/c1-5-18(10(2)19)13-16-11(9-21-13)8-14-6-7-15-12(20)17(3)4/h9,14H,5-8H2,1-4H3,(H,15,20). The maximum atomic E-state index is 11.4. The Labute approximate surface area is 129 Å². The van der Waals surface area contributed by atoms with Gasteiger partial charge in [0.2, 0.25) is 5.91 Å². The van der Waals surface area contributed by atoms with Gasteiger partial charge in [0.05, 0.1) is 5.69 Å². The molecule has 118 valence electrons. The van der Waals surface area contributed by atoms with Gasteiger partial charge in [-0.15, -0.1) is 11.3 Å². The summed E-state index contributed by atoms with van der Waals surface area (Å²) >= 11 is 1.46. The molecule has 0 fully saturated rings. The normalized spacial score (nSPS) is 10.3. The maximum absolute atomic E-state index is 11.4. The topological polar surface area (TPSA) is 77.6 Å². The van der Waals surface area contributed by atoms with Gasteiger partial charge in [-0.25, -0.2) is 9.78 Å². The fourth-order valence-corrected chi connectivity index (χ4v) is 2.56. The van der Waals surface area contributed by atoms with Crippen LogP contribution in [0.1, 0.15) is 19.5 Å². The summed E-state index contributed by atoms with van der Waals surface area (Å²) in [6.45, 7) is 5.92. The van der Waals surface area contributed by atoms with Crippen LogP contribution >= 0.6 is 11.3 Å². The van der Waals surface area contributed by atoms with E-state index in [1.807, 2.05) is 12.3 Å². The number of nitrogens with one attached hydrogen (secondary N) is 2. The zero-order valence-corrected chi connectivity index (χ0v) is 13.8. The molecule has 0 aromatic carbocycles. The lowest BCUT2D eigenvalue weighted by Crippen LogP contribution is -2.38. The van der Waals surface area contributed by atoms with E-state index in [2.05, 4.69) is 15.6 Å². The number of amides is 3. The first-order valence-electron chi connectivity index (χ1n) is 6.84. The fraction of sp³-hybridized carbons (Fsp3) is 0.615. The van der Waals surface area contributed by atoms with E-state index in [1.54, 1.807) is 19.0 Å². The molecule has 1 aromatic heterocycles. The largest absolute Gasteiger partial charge is 0.337 e. The second-order valence-electron chi connectivity index (χ2n) is 4.69. The summed E-state index contributed by atoms with van der Waals surface area (Å²) in [6, 6.07) is -0.104. The Morgan fingerprint density at radius 1 is 1.33 bits per heavy atom. The quantitative estimate of drug-likeness (QED) is 0.733. The molecule has 0 atom stereocenters. The van der Waals surface area contributed by atoms with Crippen LogP contribution in [0.2, 0.25) is 0 Å². The average Bonchev–Trinajstić information content (AvgIpc) is 2.87. The molecule has 0 bridgehead atoms. The average molecular weight is 313 g/mol. The molecule has 0 saturated carbocycles. The number of hydrogen-bond donors (Lipinski definition) is 2. The minimum atomic E-state index is -0.104. The first kappa shape index (κ1) is 17.4. The summed E-state index contributed by atoms with van der Waals surface area (Å²) in [7, 11) is 3.40. The molecule has 1 heterocycles. The Balaban J connectivity index is 2.32. The second-order valence-corrected chi connectivity index (χ2v) is 5.52. The summed E-state index contributed by atoms with van der Waals surface area (Å²) in [6.07, 6.45) is 0. The number of anilines is 1. The number of aromatic nitrogens is 1. The number of nitrogens with zero attached hydrogens (tertiary/aromatic N) is 3. The van der Waals surface area contributed by atoms with Crippen molar-refractivity contribution in [3.8, 4) is 0 Å². The molecule has 0 aliphatic carbocycles. The van der Waals surface area contributed by atoms with E-state index in [1.165, 1.54) is 23.2 Å². The molecule has 2 N–H and O–H groups in total. The third-order valence-corrected chi connectivity index (χ3v) is 3.67. The number of rotatable bonds is 7. The highest BCUT2D eigenvalue weighted by Crippen LogP contribution is 2.20. The number of carbonyl (C=O) groups is 2. The van der Waals surface area contributed by atoms with Gasteiger partial charge in [-0.1, -0.05) is 0 Å². The molecule has 3 amide bonds. The van der Waals surface area contributed by atoms with E-state index in [0.717, 1.165) is 10.8 Å². The zero-order chi connectivity index (χ0) is 15.8. The van der Waals surface area contributed by atoms with Gasteiger partial charge in [0.1, 0.15) is 0 Å². The maximum Gasteiger partial charge on any atom is 0.316 e. The van der Waals surface area contributed by atoms with E-state index in [9.17, 15) is 9.59 Å². The highest BCUT2D eigenvalue weighted by atomic mass is 32.1. The van der Waals surface area contributed by atoms with Crippen molar-refractivity contribution >= 4 is 28.4 Å². The molecular formula is C13H23N5O2S. The molecule has 0 aliphatic heterocycles. The molecule has 0 unspecified atom stereocenters. The van der Waals surface area contributed by atoms with Gasteiger partial charge >= 0.3 is 6.03 Å². The Hall–Kier alpha value is -1.67.